The fourth-order valence-electron chi connectivity index (χ4n) is 1.92. The molecule has 0 spiro atoms. The molecule has 1 heterocycles. The van der Waals surface area contributed by atoms with Crippen LogP contribution in [0.15, 0.2) is 18.2 Å². The van der Waals surface area contributed by atoms with E-state index in [2.05, 4.69) is 6.07 Å². The summed E-state index contributed by atoms with van der Waals surface area (Å²) in [6.45, 7) is 0.936. The first-order valence-electron chi connectivity index (χ1n) is 5.09. The van der Waals surface area contributed by atoms with Crippen LogP contribution in [-0.2, 0) is 11.2 Å². The summed E-state index contributed by atoms with van der Waals surface area (Å²) >= 11 is 5.70. The van der Waals surface area contributed by atoms with Crippen LogP contribution in [0, 0.1) is 22.6 Å². The van der Waals surface area contributed by atoms with Gasteiger partial charge in [-0.2, -0.15) is 5.26 Å². The summed E-state index contributed by atoms with van der Waals surface area (Å²) in [5, 5.41) is 9.25. The number of hydrogen-bond acceptors (Lipinski definition) is 2. The van der Waals surface area contributed by atoms with E-state index in [-0.39, 0.29) is 5.02 Å². The summed E-state index contributed by atoms with van der Waals surface area (Å²) in [6, 6.07) is 7.10. The lowest BCUT2D eigenvalue weighted by Gasteiger charge is -2.18. The van der Waals surface area contributed by atoms with Gasteiger partial charge in [0.1, 0.15) is 5.82 Å². The molecule has 1 aromatic carbocycles. The third kappa shape index (κ3) is 2.04. The van der Waals surface area contributed by atoms with Crippen LogP contribution in [0.25, 0.3) is 0 Å². The second-order valence-corrected chi connectivity index (χ2v) is 4.49. The molecule has 0 radical (unpaired) electrons. The zero-order valence-corrected chi connectivity index (χ0v) is 9.43. The van der Waals surface area contributed by atoms with E-state index in [1.807, 2.05) is 0 Å². The quantitative estimate of drug-likeness (QED) is 0.795. The molecule has 0 aromatic heterocycles. The van der Waals surface area contributed by atoms with Crippen molar-refractivity contribution in [3.05, 3.63) is 34.6 Å². The van der Waals surface area contributed by atoms with E-state index in [0.29, 0.717) is 31.6 Å². The molecule has 2 nitrogen and oxygen atoms in total. The highest BCUT2D eigenvalue weighted by atomic mass is 35.5. The summed E-state index contributed by atoms with van der Waals surface area (Å²) in [6.07, 6.45) is 1.01. The Hall–Kier alpha value is -1.11. The normalized spacial score (nSPS) is 24.3. The van der Waals surface area contributed by atoms with Crippen molar-refractivity contribution in [1.82, 2.24) is 0 Å². The van der Waals surface area contributed by atoms with Gasteiger partial charge in [0, 0.05) is 6.61 Å². The van der Waals surface area contributed by atoms with Crippen LogP contribution in [0.5, 0.6) is 0 Å². The number of nitriles is 1. The van der Waals surface area contributed by atoms with Crippen LogP contribution in [0.1, 0.15) is 12.0 Å². The van der Waals surface area contributed by atoms with E-state index >= 15 is 0 Å². The molecule has 1 atom stereocenters. The first-order chi connectivity index (χ1) is 7.67. The minimum Gasteiger partial charge on any atom is -0.380 e. The van der Waals surface area contributed by atoms with Crippen LogP contribution >= 0.6 is 11.6 Å². The van der Waals surface area contributed by atoms with Crippen molar-refractivity contribution >= 4 is 11.6 Å². The fraction of sp³-hybridized carbons (Fsp3) is 0.417. The molecule has 1 aliphatic rings. The molecular formula is C12H11ClFNO. The van der Waals surface area contributed by atoms with E-state index in [0.717, 1.165) is 0 Å². The van der Waals surface area contributed by atoms with Gasteiger partial charge in [0.25, 0.3) is 0 Å². The predicted molar refractivity (Wildman–Crippen MR) is 58.6 cm³/mol. The summed E-state index contributed by atoms with van der Waals surface area (Å²) < 4.78 is 18.9. The second kappa shape index (κ2) is 4.40. The Morgan fingerprint density at radius 3 is 3.00 bits per heavy atom. The first-order valence-corrected chi connectivity index (χ1v) is 5.47. The van der Waals surface area contributed by atoms with E-state index in [1.165, 1.54) is 6.07 Å². The number of halogens is 2. The third-order valence-electron chi connectivity index (χ3n) is 2.90. The van der Waals surface area contributed by atoms with Gasteiger partial charge < -0.3 is 4.74 Å². The van der Waals surface area contributed by atoms with Crippen LogP contribution in [0.3, 0.4) is 0 Å². The summed E-state index contributed by atoms with van der Waals surface area (Å²) in [5.41, 5.74) is -0.106. The van der Waals surface area contributed by atoms with Gasteiger partial charge in [-0.1, -0.05) is 23.7 Å². The Labute approximate surface area is 98.6 Å². The Bertz CT molecular complexity index is 435. The molecule has 84 valence electrons. The monoisotopic (exact) mass is 239 g/mol. The molecule has 0 saturated carbocycles. The van der Waals surface area contributed by atoms with Gasteiger partial charge >= 0.3 is 0 Å². The molecule has 2 rings (SSSR count). The van der Waals surface area contributed by atoms with Gasteiger partial charge in [-0.3, -0.25) is 0 Å². The zero-order valence-electron chi connectivity index (χ0n) is 8.67. The molecular weight excluding hydrogens is 229 g/mol. The lowest BCUT2D eigenvalue weighted by atomic mass is 9.82. The molecule has 4 heteroatoms. The van der Waals surface area contributed by atoms with Crippen molar-refractivity contribution in [2.45, 2.75) is 12.8 Å². The Balaban J connectivity index is 2.27. The number of benzene rings is 1. The second-order valence-electron chi connectivity index (χ2n) is 4.08. The minimum absolute atomic E-state index is 0.101. The molecule has 1 aliphatic heterocycles. The van der Waals surface area contributed by atoms with Gasteiger partial charge in [-0.15, -0.1) is 0 Å². The number of nitrogens with zero attached hydrogens (tertiary/aromatic N) is 1. The molecule has 1 aromatic rings. The molecule has 0 N–H and O–H groups in total. The Morgan fingerprint density at radius 1 is 1.56 bits per heavy atom. The standard InChI is InChI=1S/C12H11ClFNO/c13-10-3-1-2-9(11(10)14)6-12(7-15)4-5-16-8-12/h1-3H,4-6,8H2. The zero-order chi connectivity index (χ0) is 11.6. The SMILES string of the molecule is N#CC1(Cc2cccc(Cl)c2F)CCOC1. The van der Waals surface area contributed by atoms with Crippen molar-refractivity contribution in [2.24, 2.45) is 5.41 Å². The van der Waals surface area contributed by atoms with Crippen molar-refractivity contribution < 1.29 is 9.13 Å². The number of hydrogen-bond donors (Lipinski definition) is 0. The molecule has 1 fully saturated rings. The topological polar surface area (TPSA) is 33.0 Å². The lowest BCUT2D eigenvalue weighted by molar-refractivity contribution is 0.171. The fourth-order valence-corrected chi connectivity index (χ4v) is 2.12. The summed E-state index contributed by atoms with van der Waals surface area (Å²) in [7, 11) is 0. The third-order valence-corrected chi connectivity index (χ3v) is 3.19. The van der Waals surface area contributed by atoms with Crippen molar-refractivity contribution in [3.63, 3.8) is 0 Å². The van der Waals surface area contributed by atoms with Crippen LogP contribution in [0.2, 0.25) is 5.02 Å². The number of rotatable bonds is 2. The van der Waals surface area contributed by atoms with Crippen molar-refractivity contribution in [3.8, 4) is 6.07 Å². The van der Waals surface area contributed by atoms with Crippen LogP contribution in [0.4, 0.5) is 4.39 Å². The van der Waals surface area contributed by atoms with Crippen LogP contribution < -0.4 is 0 Å². The summed E-state index contributed by atoms with van der Waals surface area (Å²) in [4.78, 5) is 0. The smallest absolute Gasteiger partial charge is 0.145 e. The molecule has 0 aliphatic carbocycles. The average molecular weight is 240 g/mol. The van der Waals surface area contributed by atoms with Crippen LogP contribution in [-0.4, -0.2) is 13.2 Å². The lowest BCUT2D eigenvalue weighted by Crippen LogP contribution is -2.22. The Kier molecular flexibility index (Phi) is 3.13. The molecule has 16 heavy (non-hydrogen) atoms. The molecule has 0 amide bonds. The largest absolute Gasteiger partial charge is 0.380 e. The van der Waals surface area contributed by atoms with Crippen molar-refractivity contribution in [1.29, 1.82) is 5.26 Å². The highest BCUT2D eigenvalue weighted by Crippen LogP contribution is 2.33. The number of ether oxygens (including phenoxy) is 1. The van der Waals surface area contributed by atoms with E-state index in [9.17, 15) is 4.39 Å². The van der Waals surface area contributed by atoms with Crippen molar-refractivity contribution in [2.75, 3.05) is 13.2 Å². The first kappa shape index (κ1) is 11.4. The maximum absolute atomic E-state index is 13.7. The Morgan fingerprint density at radius 2 is 2.38 bits per heavy atom. The molecule has 0 bridgehead atoms. The highest BCUT2D eigenvalue weighted by molar-refractivity contribution is 6.30. The van der Waals surface area contributed by atoms with E-state index in [4.69, 9.17) is 21.6 Å². The summed E-state index contributed by atoms with van der Waals surface area (Å²) in [5.74, 6) is -0.425. The van der Waals surface area contributed by atoms with E-state index < -0.39 is 11.2 Å². The van der Waals surface area contributed by atoms with Gasteiger partial charge in [0.05, 0.1) is 23.1 Å². The van der Waals surface area contributed by atoms with Gasteiger partial charge in [-0.05, 0) is 24.5 Å². The molecule has 1 saturated heterocycles. The van der Waals surface area contributed by atoms with Gasteiger partial charge in [-0.25, -0.2) is 4.39 Å². The van der Waals surface area contributed by atoms with E-state index in [1.54, 1.807) is 12.1 Å². The minimum atomic E-state index is -0.592. The van der Waals surface area contributed by atoms with Gasteiger partial charge in [0.2, 0.25) is 0 Å². The average Bonchev–Trinajstić information content (AvgIpc) is 2.74. The maximum atomic E-state index is 13.7. The van der Waals surface area contributed by atoms with Gasteiger partial charge in [0.15, 0.2) is 0 Å². The maximum Gasteiger partial charge on any atom is 0.145 e. The highest BCUT2D eigenvalue weighted by Gasteiger charge is 2.36. The predicted octanol–water partition coefficient (Wildman–Crippen LogP) is 2.95. The molecule has 1 unspecified atom stereocenters.